The summed E-state index contributed by atoms with van der Waals surface area (Å²) in [6.45, 7) is 0. The van der Waals surface area contributed by atoms with Gasteiger partial charge in [0, 0.05) is 0 Å². The van der Waals surface area contributed by atoms with Gasteiger partial charge in [0.25, 0.3) is 0 Å². The fourth-order valence-corrected chi connectivity index (χ4v) is 3.93. The van der Waals surface area contributed by atoms with Crippen LogP contribution in [0, 0.1) is 9.56 Å². The maximum Gasteiger partial charge on any atom is 0.176 e. The summed E-state index contributed by atoms with van der Waals surface area (Å²) >= 11 is 0. The third-order valence-electron chi connectivity index (χ3n) is 3.65. The second kappa shape index (κ2) is 6.16. The highest BCUT2D eigenvalue weighted by molar-refractivity contribution is 7.84. The van der Waals surface area contributed by atoms with Crippen molar-refractivity contribution in [2.75, 3.05) is 0 Å². The van der Waals surface area contributed by atoms with E-state index in [9.17, 15) is 0 Å². The fraction of sp³-hybridized carbons (Fsp3) is 1.00. The van der Waals surface area contributed by atoms with Gasteiger partial charge >= 0.3 is 0 Å². The van der Waals surface area contributed by atoms with Gasteiger partial charge in [0.1, 0.15) is 0 Å². The van der Waals surface area contributed by atoms with Gasteiger partial charge in [-0.15, -0.1) is 0 Å². The first-order valence-corrected chi connectivity index (χ1v) is 8.33. The van der Waals surface area contributed by atoms with E-state index in [2.05, 4.69) is 0 Å². The monoisotopic (exact) mass is 260 g/mol. The number of rotatable bonds is 4. The fourth-order valence-electron chi connectivity index (χ4n) is 2.73. The van der Waals surface area contributed by atoms with Crippen LogP contribution < -0.4 is 0 Å². The van der Waals surface area contributed by atoms with Crippen LogP contribution in [0.4, 0.5) is 0 Å². The smallest absolute Gasteiger partial charge is 0.176 e. The van der Waals surface area contributed by atoms with Crippen LogP contribution >= 0.6 is 0 Å². The second-order valence-corrected chi connectivity index (χ2v) is 6.61. The van der Waals surface area contributed by atoms with Crippen LogP contribution in [0.2, 0.25) is 0 Å². The molecule has 0 aromatic rings. The van der Waals surface area contributed by atoms with Crippen LogP contribution in [0.25, 0.3) is 0 Å². The topological polar surface area (TPSA) is 66.2 Å². The van der Waals surface area contributed by atoms with Crippen LogP contribution in [0.15, 0.2) is 0 Å². The molecule has 17 heavy (non-hydrogen) atoms. The summed E-state index contributed by atoms with van der Waals surface area (Å²) in [4.78, 5) is 0. The van der Waals surface area contributed by atoms with Crippen molar-refractivity contribution < 1.29 is 8.37 Å². The van der Waals surface area contributed by atoms with E-state index in [4.69, 9.17) is 17.9 Å². The van der Waals surface area contributed by atoms with E-state index in [0.29, 0.717) is 0 Å². The average Bonchev–Trinajstić information content (AvgIpc) is 2.30. The van der Waals surface area contributed by atoms with E-state index in [1.807, 2.05) is 0 Å². The van der Waals surface area contributed by atoms with Gasteiger partial charge in [-0.05, 0) is 25.7 Å². The molecular formula is C12H24N2O2S. The highest BCUT2D eigenvalue weighted by atomic mass is 32.2. The van der Waals surface area contributed by atoms with Gasteiger partial charge in [0.05, 0.1) is 12.2 Å². The van der Waals surface area contributed by atoms with Crippen molar-refractivity contribution in [3.05, 3.63) is 0 Å². The van der Waals surface area contributed by atoms with Gasteiger partial charge in [-0.3, -0.25) is 8.37 Å². The van der Waals surface area contributed by atoms with E-state index < -0.39 is 10.2 Å². The summed E-state index contributed by atoms with van der Waals surface area (Å²) in [5.74, 6) is 0. The summed E-state index contributed by atoms with van der Waals surface area (Å²) < 4.78 is 27.0. The largest absolute Gasteiger partial charge is 0.276 e. The first-order chi connectivity index (χ1) is 8.16. The Morgan fingerprint density at radius 1 is 0.647 bits per heavy atom. The molecule has 4 nitrogen and oxygen atoms in total. The molecule has 0 spiro atoms. The molecule has 0 bridgehead atoms. The third-order valence-corrected chi connectivity index (χ3v) is 4.73. The van der Waals surface area contributed by atoms with Crippen molar-refractivity contribution in [3.8, 4) is 0 Å². The molecule has 0 heterocycles. The minimum Gasteiger partial charge on any atom is -0.276 e. The van der Waals surface area contributed by atoms with Crippen molar-refractivity contribution in [1.82, 2.24) is 0 Å². The molecule has 0 atom stereocenters. The first-order valence-electron chi connectivity index (χ1n) is 6.85. The Morgan fingerprint density at radius 3 is 1.35 bits per heavy atom. The standard InChI is InChI=1S/C12H24N2O2S/c13-17(14,15-11-7-3-1-4-8-11)16-12-9-5-2-6-10-12/h11-14H,1-10H2. The van der Waals surface area contributed by atoms with Gasteiger partial charge in [0.15, 0.2) is 10.2 Å². The first kappa shape index (κ1) is 13.3. The molecule has 2 rings (SSSR count). The van der Waals surface area contributed by atoms with Gasteiger partial charge in [0.2, 0.25) is 0 Å². The van der Waals surface area contributed by atoms with Gasteiger partial charge in [-0.2, -0.15) is 0 Å². The molecule has 2 aliphatic rings. The second-order valence-electron chi connectivity index (χ2n) is 5.22. The van der Waals surface area contributed by atoms with Crippen LogP contribution in [-0.2, 0) is 18.5 Å². The van der Waals surface area contributed by atoms with Crippen molar-refractivity contribution in [3.63, 3.8) is 0 Å². The van der Waals surface area contributed by atoms with Crippen molar-refractivity contribution in [2.24, 2.45) is 0 Å². The van der Waals surface area contributed by atoms with Crippen LogP contribution in [0.3, 0.4) is 0 Å². The molecule has 5 heteroatoms. The van der Waals surface area contributed by atoms with Gasteiger partial charge < -0.3 is 0 Å². The Hall–Kier alpha value is -0.130. The summed E-state index contributed by atoms with van der Waals surface area (Å²) in [6, 6.07) is 0. The Morgan fingerprint density at radius 2 is 1.00 bits per heavy atom. The minimum absolute atomic E-state index is 0.0948. The summed E-state index contributed by atoms with van der Waals surface area (Å²) in [5.41, 5.74) is 0. The van der Waals surface area contributed by atoms with Crippen molar-refractivity contribution >= 4 is 10.2 Å². The molecule has 0 amide bonds. The van der Waals surface area contributed by atoms with E-state index in [0.717, 1.165) is 25.7 Å². The molecular weight excluding hydrogens is 236 g/mol. The molecule has 0 aromatic carbocycles. The summed E-state index contributed by atoms with van der Waals surface area (Å²) in [6.07, 6.45) is 11.4. The molecule has 2 saturated carbocycles. The molecule has 0 unspecified atom stereocenters. The predicted molar refractivity (Wildman–Crippen MR) is 68.7 cm³/mol. The average molecular weight is 260 g/mol. The zero-order valence-electron chi connectivity index (χ0n) is 10.5. The molecule has 2 N–H and O–H groups in total. The van der Waals surface area contributed by atoms with Gasteiger partial charge in [-0.25, -0.2) is 9.56 Å². The highest BCUT2D eigenvalue weighted by Gasteiger charge is 2.22. The maximum absolute atomic E-state index is 7.90. The summed E-state index contributed by atoms with van der Waals surface area (Å²) in [5, 5.41) is 0. The van der Waals surface area contributed by atoms with Gasteiger partial charge in [-0.1, -0.05) is 38.5 Å². The molecule has 2 fully saturated rings. The predicted octanol–water partition coefficient (Wildman–Crippen LogP) is 4.19. The highest BCUT2D eigenvalue weighted by Crippen LogP contribution is 2.26. The molecule has 0 aromatic heterocycles. The minimum atomic E-state index is -2.78. The van der Waals surface area contributed by atoms with Crippen LogP contribution in [0.5, 0.6) is 0 Å². The maximum atomic E-state index is 7.90. The van der Waals surface area contributed by atoms with Crippen molar-refractivity contribution in [2.45, 2.75) is 76.4 Å². The normalized spacial score (nSPS) is 24.9. The zero-order valence-corrected chi connectivity index (χ0v) is 11.3. The Bertz CT molecular complexity index is 291. The molecule has 100 valence electrons. The van der Waals surface area contributed by atoms with Crippen molar-refractivity contribution in [1.29, 1.82) is 9.56 Å². The van der Waals surface area contributed by atoms with E-state index in [-0.39, 0.29) is 12.2 Å². The van der Waals surface area contributed by atoms with Crippen LogP contribution in [-0.4, -0.2) is 12.2 Å². The summed E-state index contributed by atoms with van der Waals surface area (Å²) in [7, 11) is -2.78. The number of nitrogens with one attached hydrogen (secondary N) is 2. The lowest BCUT2D eigenvalue weighted by Crippen LogP contribution is -2.25. The lowest BCUT2D eigenvalue weighted by Gasteiger charge is -2.28. The quantitative estimate of drug-likeness (QED) is 0.795. The number of hydrogen-bond donors (Lipinski definition) is 2. The van der Waals surface area contributed by atoms with E-state index in [1.54, 1.807) is 0 Å². The van der Waals surface area contributed by atoms with E-state index >= 15 is 0 Å². The molecule has 0 saturated heterocycles. The number of hydrogen-bond acceptors (Lipinski definition) is 4. The lowest BCUT2D eigenvalue weighted by molar-refractivity contribution is 0.110. The molecule has 2 aliphatic carbocycles. The Labute approximate surface area is 105 Å². The SMILES string of the molecule is N=S(=N)(OC1CCCCC1)OC1CCCCC1. The lowest BCUT2D eigenvalue weighted by atomic mass is 9.98. The molecule has 0 aliphatic heterocycles. The van der Waals surface area contributed by atoms with Crippen LogP contribution in [0.1, 0.15) is 64.2 Å². The Balaban J connectivity index is 1.80. The van der Waals surface area contributed by atoms with E-state index in [1.165, 1.54) is 38.5 Å². The Kier molecular flexibility index (Phi) is 4.82. The zero-order chi connectivity index (χ0) is 12.1. The molecule has 0 radical (unpaired) electrons. The third kappa shape index (κ3) is 4.56.